The molecule has 112 valence electrons. The maximum atomic E-state index is 12.4. The van der Waals surface area contributed by atoms with Gasteiger partial charge in [-0.2, -0.15) is 0 Å². The van der Waals surface area contributed by atoms with Crippen molar-refractivity contribution in [1.29, 1.82) is 0 Å². The molecule has 0 aliphatic rings. The Balaban J connectivity index is 2.16. The van der Waals surface area contributed by atoms with E-state index in [4.69, 9.17) is 0 Å². The lowest BCUT2D eigenvalue weighted by Gasteiger charge is -2.15. The first-order chi connectivity index (χ1) is 10.0. The Labute approximate surface area is 128 Å². The molecule has 5 nitrogen and oxygen atoms in total. The topological polar surface area (TPSA) is 66.9 Å². The van der Waals surface area contributed by atoms with Gasteiger partial charge in [-0.3, -0.25) is 9.78 Å². The molecule has 0 saturated heterocycles. The molecule has 0 saturated carbocycles. The number of pyridine rings is 1. The fourth-order valence-corrected chi connectivity index (χ4v) is 3.14. The Bertz CT molecular complexity index is 638. The SMILES string of the molecule is CCNc1cnccc1C(=O)NC(C)c1sc(C)nc1C. The van der Waals surface area contributed by atoms with E-state index in [0.29, 0.717) is 5.56 Å². The van der Waals surface area contributed by atoms with E-state index in [0.717, 1.165) is 27.8 Å². The van der Waals surface area contributed by atoms with E-state index in [1.165, 1.54) is 0 Å². The van der Waals surface area contributed by atoms with Crippen LogP contribution in [0.3, 0.4) is 0 Å². The summed E-state index contributed by atoms with van der Waals surface area (Å²) in [6.45, 7) is 8.65. The zero-order chi connectivity index (χ0) is 15.4. The minimum Gasteiger partial charge on any atom is -0.383 e. The van der Waals surface area contributed by atoms with Crippen LogP contribution in [0.25, 0.3) is 0 Å². The smallest absolute Gasteiger partial charge is 0.253 e. The van der Waals surface area contributed by atoms with Crippen LogP contribution in [0.4, 0.5) is 5.69 Å². The summed E-state index contributed by atoms with van der Waals surface area (Å²) >= 11 is 1.62. The van der Waals surface area contributed by atoms with Crippen LogP contribution in [0.15, 0.2) is 18.5 Å². The number of rotatable bonds is 5. The van der Waals surface area contributed by atoms with Crippen molar-refractivity contribution < 1.29 is 4.79 Å². The molecule has 1 amide bonds. The average molecular weight is 304 g/mol. The number of nitrogens with zero attached hydrogens (tertiary/aromatic N) is 2. The van der Waals surface area contributed by atoms with Crippen molar-refractivity contribution >= 4 is 22.9 Å². The lowest BCUT2D eigenvalue weighted by Crippen LogP contribution is -2.27. The third-order valence-corrected chi connectivity index (χ3v) is 4.37. The summed E-state index contributed by atoms with van der Waals surface area (Å²) in [5.41, 5.74) is 2.34. The lowest BCUT2D eigenvalue weighted by atomic mass is 10.1. The first-order valence-corrected chi connectivity index (χ1v) is 7.77. The summed E-state index contributed by atoms with van der Waals surface area (Å²) in [6.07, 6.45) is 3.30. The largest absolute Gasteiger partial charge is 0.383 e. The number of hydrogen-bond donors (Lipinski definition) is 2. The Morgan fingerprint density at radius 2 is 2.19 bits per heavy atom. The second-order valence-electron chi connectivity index (χ2n) is 4.83. The monoisotopic (exact) mass is 304 g/mol. The molecule has 0 aliphatic heterocycles. The van der Waals surface area contributed by atoms with Crippen molar-refractivity contribution in [3.63, 3.8) is 0 Å². The van der Waals surface area contributed by atoms with E-state index in [9.17, 15) is 4.79 Å². The molecule has 1 unspecified atom stereocenters. The second-order valence-corrected chi connectivity index (χ2v) is 6.06. The Kier molecular flexibility index (Phi) is 4.90. The van der Waals surface area contributed by atoms with Crippen LogP contribution < -0.4 is 10.6 Å². The van der Waals surface area contributed by atoms with Crippen LogP contribution in [0.2, 0.25) is 0 Å². The Morgan fingerprint density at radius 1 is 1.43 bits per heavy atom. The molecule has 0 bridgehead atoms. The van der Waals surface area contributed by atoms with Crippen molar-refractivity contribution in [1.82, 2.24) is 15.3 Å². The number of nitrogens with one attached hydrogen (secondary N) is 2. The quantitative estimate of drug-likeness (QED) is 0.891. The molecule has 0 aliphatic carbocycles. The summed E-state index contributed by atoms with van der Waals surface area (Å²) in [7, 11) is 0. The van der Waals surface area contributed by atoms with E-state index in [1.807, 2.05) is 27.7 Å². The minimum atomic E-state index is -0.105. The first kappa shape index (κ1) is 15.4. The number of anilines is 1. The van der Waals surface area contributed by atoms with Gasteiger partial charge in [0.05, 0.1) is 34.2 Å². The molecule has 2 aromatic rings. The predicted octanol–water partition coefficient (Wildman–Crippen LogP) is 3.08. The molecule has 0 fully saturated rings. The van der Waals surface area contributed by atoms with Crippen molar-refractivity contribution in [2.24, 2.45) is 0 Å². The zero-order valence-corrected chi connectivity index (χ0v) is 13.5. The summed E-state index contributed by atoms with van der Waals surface area (Å²) < 4.78 is 0. The minimum absolute atomic E-state index is 0.0636. The summed E-state index contributed by atoms with van der Waals surface area (Å²) in [4.78, 5) is 22.0. The van der Waals surface area contributed by atoms with Gasteiger partial charge in [0.1, 0.15) is 0 Å². The van der Waals surface area contributed by atoms with Gasteiger partial charge in [-0.05, 0) is 33.8 Å². The number of aromatic nitrogens is 2. The molecular weight excluding hydrogens is 284 g/mol. The highest BCUT2D eigenvalue weighted by Gasteiger charge is 2.18. The van der Waals surface area contributed by atoms with E-state index >= 15 is 0 Å². The van der Waals surface area contributed by atoms with E-state index in [1.54, 1.807) is 29.8 Å². The molecular formula is C15H20N4OS. The van der Waals surface area contributed by atoms with Crippen LogP contribution in [-0.2, 0) is 0 Å². The summed E-state index contributed by atoms with van der Waals surface area (Å²) in [5.74, 6) is -0.105. The second kappa shape index (κ2) is 6.67. The third kappa shape index (κ3) is 3.58. The van der Waals surface area contributed by atoms with Crippen LogP contribution >= 0.6 is 11.3 Å². The van der Waals surface area contributed by atoms with E-state index in [2.05, 4.69) is 20.6 Å². The Morgan fingerprint density at radius 3 is 2.81 bits per heavy atom. The van der Waals surface area contributed by atoms with Crippen molar-refractivity contribution in [3.05, 3.63) is 39.6 Å². The van der Waals surface area contributed by atoms with Crippen LogP contribution in [0.1, 0.15) is 45.8 Å². The van der Waals surface area contributed by atoms with E-state index in [-0.39, 0.29) is 11.9 Å². The van der Waals surface area contributed by atoms with Crippen molar-refractivity contribution in [3.8, 4) is 0 Å². The fourth-order valence-electron chi connectivity index (χ4n) is 2.21. The fraction of sp³-hybridized carbons (Fsp3) is 0.400. The number of hydrogen-bond acceptors (Lipinski definition) is 5. The van der Waals surface area contributed by atoms with Gasteiger partial charge in [0.25, 0.3) is 5.91 Å². The third-order valence-electron chi connectivity index (χ3n) is 3.11. The molecule has 0 spiro atoms. The van der Waals surface area contributed by atoms with Gasteiger partial charge in [0.2, 0.25) is 0 Å². The molecule has 6 heteroatoms. The van der Waals surface area contributed by atoms with Gasteiger partial charge in [0, 0.05) is 17.6 Å². The molecule has 2 heterocycles. The lowest BCUT2D eigenvalue weighted by molar-refractivity contribution is 0.0941. The van der Waals surface area contributed by atoms with Gasteiger partial charge < -0.3 is 10.6 Å². The molecule has 0 radical (unpaired) electrons. The number of carbonyl (C=O) groups is 1. The predicted molar refractivity (Wildman–Crippen MR) is 85.9 cm³/mol. The number of aryl methyl sites for hydroxylation is 2. The molecule has 2 N–H and O–H groups in total. The molecule has 2 aromatic heterocycles. The number of carbonyl (C=O) groups excluding carboxylic acids is 1. The highest BCUT2D eigenvalue weighted by molar-refractivity contribution is 7.11. The number of thiazole rings is 1. The molecule has 0 aromatic carbocycles. The molecule has 21 heavy (non-hydrogen) atoms. The van der Waals surface area contributed by atoms with E-state index < -0.39 is 0 Å². The standard InChI is InChI=1S/C15H20N4OS/c1-5-17-13-8-16-7-6-12(13)15(20)19-10(3)14-9(2)18-11(4)21-14/h6-8,10,17H,5H2,1-4H3,(H,19,20). The van der Waals surface area contributed by atoms with Crippen LogP contribution in [-0.4, -0.2) is 22.4 Å². The van der Waals surface area contributed by atoms with Crippen LogP contribution in [0, 0.1) is 13.8 Å². The maximum absolute atomic E-state index is 12.4. The summed E-state index contributed by atoms with van der Waals surface area (Å²) in [6, 6.07) is 1.66. The summed E-state index contributed by atoms with van der Waals surface area (Å²) in [5, 5.41) is 7.20. The highest BCUT2D eigenvalue weighted by atomic mass is 32.1. The van der Waals surface area contributed by atoms with Gasteiger partial charge in [-0.25, -0.2) is 4.98 Å². The Hall–Kier alpha value is -1.95. The van der Waals surface area contributed by atoms with Crippen molar-refractivity contribution in [2.75, 3.05) is 11.9 Å². The van der Waals surface area contributed by atoms with Gasteiger partial charge in [-0.15, -0.1) is 11.3 Å². The zero-order valence-electron chi connectivity index (χ0n) is 12.7. The first-order valence-electron chi connectivity index (χ1n) is 6.95. The van der Waals surface area contributed by atoms with Gasteiger partial charge in [0.15, 0.2) is 0 Å². The van der Waals surface area contributed by atoms with Crippen molar-refractivity contribution in [2.45, 2.75) is 33.7 Å². The normalized spacial score (nSPS) is 12.0. The maximum Gasteiger partial charge on any atom is 0.253 e. The average Bonchev–Trinajstić information content (AvgIpc) is 2.78. The van der Waals surface area contributed by atoms with Gasteiger partial charge >= 0.3 is 0 Å². The highest BCUT2D eigenvalue weighted by Crippen LogP contribution is 2.25. The number of amides is 1. The van der Waals surface area contributed by atoms with Gasteiger partial charge in [-0.1, -0.05) is 0 Å². The van der Waals surface area contributed by atoms with Crippen LogP contribution in [0.5, 0.6) is 0 Å². The molecule has 2 rings (SSSR count). The molecule has 1 atom stereocenters.